The number of nitrogens with zero attached hydrogens (tertiary/aromatic N) is 3. The highest BCUT2D eigenvalue weighted by Gasteiger charge is 2.24. The van der Waals surface area contributed by atoms with E-state index in [2.05, 4.69) is 24.3 Å². The highest BCUT2D eigenvalue weighted by atomic mass is 16.6. The molecule has 1 fully saturated rings. The molecule has 8 heteroatoms. The van der Waals surface area contributed by atoms with Gasteiger partial charge in [0.2, 0.25) is 0 Å². The van der Waals surface area contributed by atoms with Gasteiger partial charge in [0.1, 0.15) is 0 Å². The molecule has 28 heavy (non-hydrogen) atoms. The second-order valence-electron chi connectivity index (χ2n) is 7.54. The fourth-order valence-corrected chi connectivity index (χ4v) is 3.45. The number of carbonyl (C=O) groups excluding carboxylic acids is 1. The lowest BCUT2D eigenvalue weighted by Gasteiger charge is -2.12. The summed E-state index contributed by atoms with van der Waals surface area (Å²) in [6.07, 6.45) is 2.72. The van der Waals surface area contributed by atoms with Crippen LogP contribution in [0.1, 0.15) is 48.4 Å². The van der Waals surface area contributed by atoms with Gasteiger partial charge in [-0.05, 0) is 44.2 Å². The van der Waals surface area contributed by atoms with E-state index in [1.54, 1.807) is 16.8 Å². The van der Waals surface area contributed by atoms with Crippen LogP contribution in [0.15, 0.2) is 24.3 Å². The maximum atomic E-state index is 12.9. The Labute approximate surface area is 164 Å². The average Bonchev–Trinajstić information content (AvgIpc) is 3.27. The second-order valence-corrected chi connectivity index (χ2v) is 7.54. The maximum absolute atomic E-state index is 12.9. The minimum Gasteiger partial charge on any atom is -0.376 e. The number of nitro benzene ring substituents is 1. The summed E-state index contributed by atoms with van der Waals surface area (Å²) < 4.78 is 7.26. The molecule has 150 valence electrons. The van der Waals surface area contributed by atoms with Crippen LogP contribution in [0.4, 0.5) is 5.69 Å². The van der Waals surface area contributed by atoms with Crippen molar-refractivity contribution in [1.82, 2.24) is 15.1 Å². The van der Waals surface area contributed by atoms with E-state index in [9.17, 15) is 14.9 Å². The molecule has 2 heterocycles. The summed E-state index contributed by atoms with van der Waals surface area (Å²) in [5.41, 5.74) is 2.73. The van der Waals surface area contributed by atoms with Gasteiger partial charge in [0.05, 0.1) is 33.7 Å². The first-order valence-electron chi connectivity index (χ1n) is 9.60. The molecule has 0 saturated carbocycles. The van der Waals surface area contributed by atoms with Crippen LogP contribution < -0.4 is 5.32 Å². The highest BCUT2D eigenvalue weighted by molar-refractivity contribution is 5.96. The van der Waals surface area contributed by atoms with Crippen LogP contribution in [0.5, 0.6) is 0 Å². The van der Waals surface area contributed by atoms with Crippen molar-refractivity contribution in [2.45, 2.75) is 46.1 Å². The smallest absolute Gasteiger partial charge is 0.269 e. The number of ether oxygens (including phenoxy) is 1. The van der Waals surface area contributed by atoms with E-state index in [-0.39, 0.29) is 17.7 Å². The number of amides is 1. The number of nitro groups is 1. The van der Waals surface area contributed by atoms with Crippen LogP contribution in [0.25, 0.3) is 5.69 Å². The summed E-state index contributed by atoms with van der Waals surface area (Å²) in [7, 11) is 0. The molecule has 3 rings (SSSR count). The molecule has 1 aromatic carbocycles. The molecule has 8 nitrogen and oxygen atoms in total. The Balaban J connectivity index is 1.89. The molecule has 0 radical (unpaired) electrons. The predicted octanol–water partition coefficient (Wildman–Crippen LogP) is 3.20. The lowest BCUT2D eigenvalue weighted by Crippen LogP contribution is -2.32. The summed E-state index contributed by atoms with van der Waals surface area (Å²) >= 11 is 0. The first kappa shape index (κ1) is 20.0. The number of aromatic nitrogens is 2. The topological polar surface area (TPSA) is 99.3 Å². The average molecular weight is 386 g/mol. The number of hydrogen-bond donors (Lipinski definition) is 1. The molecular weight excluding hydrogens is 360 g/mol. The van der Waals surface area contributed by atoms with Gasteiger partial charge in [-0.2, -0.15) is 5.10 Å². The zero-order chi connectivity index (χ0) is 20.3. The van der Waals surface area contributed by atoms with E-state index in [1.807, 2.05) is 6.92 Å². The lowest BCUT2D eigenvalue weighted by atomic mass is 10.0. The van der Waals surface area contributed by atoms with Crippen LogP contribution in [0, 0.1) is 23.0 Å². The van der Waals surface area contributed by atoms with Crippen molar-refractivity contribution in [3.05, 3.63) is 51.3 Å². The van der Waals surface area contributed by atoms with Crippen LogP contribution in [0.2, 0.25) is 0 Å². The van der Waals surface area contributed by atoms with Gasteiger partial charge in [-0.1, -0.05) is 13.8 Å². The Morgan fingerprint density at radius 3 is 2.68 bits per heavy atom. The van der Waals surface area contributed by atoms with Crippen LogP contribution in [-0.4, -0.2) is 39.9 Å². The fourth-order valence-electron chi connectivity index (χ4n) is 3.45. The summed E-state index contributed by atoms with van der Waals surface area (Å²) in [6.45, 7) is 7.24. The first-order chi connectivity index (χ1) is 13.4. The Morgan fingerprint density at radius 1 is 1.39 bits per heavy atom. The van der Waals surface area contributed by atoms with Crippen molar-refractivity contribution in [3.8, 4) is 5.69 Å². The Hall–Kier alpha value is -2.74. The third-order valence-corrected chi connectivity index (χ3v) is 4.84. The highest BCUT2D eigenvalue weighted by Crippen LogP contribution is 2.23. The van der Waals surface area contributed by atoms with Crippen molar-refractivity contribution >= 4 is 11.6 Å². The van der Waals surface area contributed by atoms with E-state index >= 15 is 0 Å². The van der Waals surface area contributed by atoms with E-state index < -0.39 is 4.92 Å². The van der Waals surface area contributed by atoms with E-state index in [0.717, 1.165) is 25.1 Å². The number of benzene rings is 1. The molecule has 1 amide bonds. The van der Waals surface area contributed by atoms with Crippen LogP contribution in [0.3, 0.4) is 0 Å². The van der Waals surface area contributed by atoms with Crippen molar-refractivity contribution in [2.75, 3.05) is 13.2 Å². The Kier molecular flexibility index (Phi) is 6.08. The molecule has 1 aromatic heterocycles. The number of nitrogens with one attached hydrogen (secondary N) is 1. The molecular formula is C20H26N4O4. The van der Waals surface area contributed by atoms with Crippen molar-refractivity contribution < 1.29 is 14.5 Å². The van der Waals surface area contributed by atoms with Crippen LogP contribution >= 0.6 is 0 Å². The normalized spacial score (nSPS) is 16.5. The van der Waals surface area contributed by atoms with Gasteiger partial charge in [0, 0.05) is 25.3 Å². The predicted molar refractivity (Wildman–Crippen MR) is 105 cm³/mol. The first-order valence-corrected chi connectivity index (χ1v) is 9.60. The molecule has 0 bridgehead atoms. The number of rotatable bonds is 7. The molecule has 0 spiro atoms. The van der Waals surface area contributed by atoms with E-state index in [4.69, 9.17) is 4.74 Å². The Morgan fingerprint density at radius 2 is 2.11 bits per heavy atom. The molecule has 1 atom stereocenters. The lowest BCUT2D eigenvalue weighted by molar-refractivity contribution is -0.384. The van der Waals surface area contributed by atoms with Crippen molar-refractivity contribution in [1.29, 1.82) is 0 Å². The van der Waals surface area contributed by atoms with Gasteiger partial charge in [-0.25, -0.2) is 4.68 Å². The van der Waals surface area contributed by atoms with Gasteiger partial charge < -0.3 is 10.1 Å². The van der Waals surface area contributed by atoms with Gasteiger partial charge in [0.25, 0.3) is 11.6 Å². The zero-order valence-electron chi connectivity index (χ0n) is 16.5. The van der Waals surface area contributed by atoms with Gasteiger partial charge in [-0.3, -0.25) is 14.9 Å². The number of non-ortho nitro benzene ring substituents is 1. The largest absolute Gasteiger partial charge is 0.376 e. The summed E-state index contributed by atoms with van der Waals surface area (Å²) in [5, 5.41) is 18.5. The minimum atomic E-state index is -0.437. The molecule has 2 aromatic rings. The van der Waals surface area contributed by atoms with Gasteiger partial charge in [-0.15, -0.1) is 0 Å². The molecule has 0 aliphatic carbocycles. The molecule has 1 aliphatic rings. The van der Waals surface area contributed by atoms with Crippen molar-refractivity contribution in [3.63, 3.8) is 0 Å². The van der Waals surface area contributed by atoms with Crippen LogP contribution in [-0.2, 0) is 11.2 Å². The third kappa shape index (κ3) is 4.39. The van der Waals surface area contributed by atoms with Crippen molar-refractivity contribution in [2.24, 2.45) is 5.92 Å². The summed E-state index contributed by atoms with van der Waals surface area (Å²) in [5.74, 6) is 0.182. The van der Waals surface area contributed by atoms with E-state index in [1.165, 1.54) is 12.1 Å². The Bertz CT molecular complexity index is 852. The molecule has 1 saturated heterocycles. The monoisotopic (exact) mass is 386 g/mol. The fraction of sp³-hybridized carbons (Fsp3) is 0.500. The number of hydrogen-bond acceptors (Lipinski definition) is 5. The number of carbonyl (C=O) groups is 1. The quantitative estimate of drug-likeness (QED) is 0.582. The van der Waals surface area contributed by atoms with E-state index in [0.29, 0.717) is 35.8 Å². The van der Waals surface area contributed by atoms with Gasteiger partial charge in [0.15, 0.2) is 0 Å². The second kappa shape index (κ2) is 8.52. The third-order valence-electron chi connectivity index (χ3n) is 4.84. The zero-order valence-corrected chi connectivity index (χ0v) is 16.5. The minimum absolute atomic E-state index is 0.0190. The SMILES string of the molecule is Cc1c(C(=O)NC[C@@H]2CCCO2)c(CC(C)C)nn1-c1ccc([N+](=O)[O-])cc1. The standard InChI is InChI=1S/C20H26N4O4/c1-13(2)11-18-19(20(25)21-12-17-5-4-10-28-17)14(3)23(22-18)15-6-8-16(9-7-15)24(26)27/h6-9,13,17H,4-5,10-12H2,1-3H3,(H,21,25)/t17-/m0/s1. The summed E-state index contributed by atoms with van der Waals surface area (Å²) in [4.78, 5) is 23.4. The maximum Gasteiger partial charge on any atom is 0.269 e. The molecule has 1 N–H and O–H groups in total. The van der Waals surface area contributed by atoms with Gasteiger partial charge >= 0.3 is 0 Å². The summed E-state index contributed by atoms with van der Waals surface area (Å²) in [6, 6.07) is 6.17. The molecule has 0 unspecified atom stereocenters. The molecule has 1 aliphatic heterocycles.